The van der Waals surface area contributed by atoms with Crippen LogP contribution in [-0.2, 0) is 9.47 Å². The Morgan fingerprint density at radius 1 is 0.800 bits per heavy atom. The second-order valence-corrected chi connectivity index (χ2v) is 19.0. The SMILES string of the molecule is CC(C)(COC(=O)c1cccc(C(=O)OCC(C)(C)C[Si](C)(C)O)c1)C[Si](C)(C)O. The van der Waals surface area contributed by atoms with Crippen molar-refractivity contribution in [1.82, 2.24) is 0 Å². The number of hydrogen-bond donors (Lipinski definition) is 2. The summed E-state index contributed by atoms with van der Waals surface area (Å²) in [5.41, 5.74) is -0.0919. The van der Waals surface area contributed by atoms with Gasteiger partial charge in [-0.1, -0.05) is 33.8 Å². The second-order valence-electron chi connectivity index (χ2n) is 11.0. The zero-order valence-corrected chi connectivity index (χ0v) is 21.7. The van der Waals surface area contributed by atoms with Crippen LogP contribution in [-0.4, -0.2) is 51.4 Å². The van der Waals surface area contributed by atoms with Crippen molar-refractivity contribution in [3.05, 3.63) is 35.4 Å². The fraction of sp³-hybridized carbons (Fsp3) is 0.636. The third-order valence-corrected chi connectivity index (χ3v) is 7.99. The van der Waals surface area contributed by atoms with Crippen LogP contribution in [0, 0.1) is 10.8 Å². The molecule has 8 heteroatoms. The molecule has 1 aromatic carbocycles. The summed E-state index contributed by atoms with van der Waals surface area (Å²) in [4.78, 5) is 45.2. The van der Waals surface area contributed by atoms with E-state index in [1.54, 1.807) is 18.2 Å². The molecule has 0 amide bonds. The lowest BCUT2D eigenvalue weighted by molar-refractivity contribution is 0.0357. The molecule has 0 unspecified atom stereocenters. The molecule has 1 rings (SSSR count). The molecule has 2 N–H and O–H groups in total. The first kappa shape index (κ1) is 26.5. The van der Waals surface area contributed by atoms with Crippen molar-refractivity contribution in [1.29, 1.82) is 0 Å². The normalized spacial score (nSPS) is 13.1. The van der Waals surface area contributed by atoms with Crippen LogP contribution in [0.5, 0.6) is 0 Å². The monoisotopic (exact) mass is 454 g/mol. The van der Waals surface area contributed by atoms with Crippen LogP contribution in [0.1, 0.15) is 48.4 Å². The van der Waals surface area contributed by atoms with Crippen LogP contribution in [0.25, 0.3) is 0 Å². The van der Waals surface area contributed by atoms with E-state index in [1.807, 2.05) is 53.9 Å². The number of carbonyl (C=O) groups is 2. The minimum atomic E-state index is -2.27. The minimum absolute atomic E-state index is 0.187. The number of rotatable bonds is 10. The number of esters is 2. The van der Waals surface area contributed by atoms with Gasteiger partial charge in [0.1, 0.15) is 0 Å². The van der Waals surface area contributed by atoms with Gasteiger partial charge in [-0.05, 0) is 67.3 Å². The number of carbonyl (C=O) groups excluding carboxylic acids is 2. The highest BCUT2D eigenvalue weighted by atomic mass is 28.4. The molecule has 0 spiro atoms. The van der Waals surface area contributed by atoms with Crippen molar-refractivity contribution in [3.8, 4) is 0 Å². The molecule has 0 saturated heterocycles. The van der Waals surface area contributed by atoms with E-state index in [1.165, 1.54) is 6.07 Å². The van der Waals surface area contributed by atoms with Gasteiger partial charge in [0.05, 0.1) is 24.3 Å². The quantitative estimate of drug-likeness (QED) is 0.401. The molecule has 0 aromatic heterocycles. The first-order valence-corrected chi connectivity index (χ1v) is 16.6. The molecule has 0 bridgehead atoms. The molecule has 0 aliphatic heterocycles. The summed E-state index contributed by atoms with van der Waals surface area (Å²) >= 11 is 0. The predicted molar refractivity (Wildman–Crippen MR) is 124 cm³/mol. The van der Waals surface area contributed by atoms with Gasteiger partial charge in [0.2, 0.25) is 0 Å². The van der Waals surface area contributed by atoms with Gasteiger partial charge in [-0.15, -0.1) is 0 Å². The van der Waals surface area contributed by atoms with Gasteiger partial charge in [-0.3, -0.25) is 0 Å². The van der Waals surface area contributed by atoms with Gasteiger partial charge in [-0.25, -0.2) is 9.59 Å². The highest BCUT2D eigenvalue weighted by Gasteiger charge is 2.32. The van der Waals surface area contributed by atoms with Gasteiger partial charge in [0.25, 0.3) is 0 Å². The summed E-state index contributed by atoms with van der Waals surface area (Å²) < 4.78 is 10.9. The van der Waals surface area contributed by atoms with E-state index in [-0.39, 0.29) is 35.2 Å². The van der Waals surface area contributed by atoms with Crippen molar-refractivity contribution in [3.63, 3.8) is 0 Å². The number of hydrogen-bond acceptors (Lipinski definition) is 6. The smallest absolute Gasteiger partial charge is 0.338 e. The van der Waals surface area contributed by atoms with E-state index in [0.29, 0.717) is 12.1 Å². The molecular formula is C22H38O6Si2. The summed E-state index contributed by atoms with van der Waals surface area (Å²) in [5.74, 6) is -1.02. The maximum absolute atomic E-state index is 12.5. The first-order valence-electron chi connectivity index (χ1n) is 10.3. The Kier molecular flexibility index (Phi) is 8.64. The standard InChI is InChI=1S/C22H38O6Si2/c1-21(2,15-29(5,6)25)13-27-19(23)17-10-9-11-18(12-17)20(24)28-14-22(3,4)16-30(7,8)26/h9-12,25-26H,13-16H2,1-8H3. The van der Waals surface area contributed by atoms with Gasteiger partial charge in [0, 0.05) is 0 Å². The Hall–Kier alpha value is -1.49. The van der Waals surface area contributed by atoms with Gasteiger partial charge < -0.3 is 19.1 Å². The molecule has 30 heavy (non-hydrogen) atoms. The van der Waals surface area contributed by atoms with Crippen molar-refractivity contribution >= 4 is 28.6 Å². The molecule has 0 fully saturated rings. The van der Waals surface area contributed by atoms with Crippen molar-refractivity contribution in [2.24, 2.45) is 10.8 Å². The summed E-state index contributed by atoms with van der Waals surface area (Å²) in [6.45, 7) is 15.6. The maximum Gasteiger partial charge on any atom is 0.338 e. The van der Waals surface area contributed by atoms with Crippen LogP contribution >= 0.6 is 0 Å². The highest BCUT2D eigenvalue weighted by molar-refractivity contribution is 6.70. The molecule has 0 heterocycles. The Labute approximate surface area is 182 Å². The summed E-state index contributed by atoms with van der Waals surface area (Å²) in [6.07, 6.45) is 0. The number of benzene rings is 1. The fourth-order valence-electron chi connectivity index (χ4n) is 3.91. The zero-order valence-electron chi connectivity index (χ0n) is 19.7. The van der Waals surface area contributed by atoms with E-state index in [2.05, 4.69) is 0 Å². The Morgan fingerprint density at radius 2 is 1.13 bits per heavy atom. The maximum atomic E-state index is 12.5. The van der Waals surface area contributed by atoms with Crippen molar-refractivity contribution < 1.29 is 28.7 Å². The van der Waals surface area contributed by atoms with E-state index >= 15 is 0 Å². The molecule has 1 aromatic rings. The topological polar surface area (TPSA) is 93.1 Å². The molecule has 0 radical (unpaired) electrons. The van der Waals surface area contributed by atoms with Crippen LogP contribution in [0.2, 0.25) is 38.3 Å². The molecule has 0 aliphatic rings. The van der Waals surface area contributed by atoms with E-state index in [0.717, 1.165) is 0 Å². The van der Waals surface area contributed by atoms with Crippen LogP contribution in [0.15, 0.2) is 24.3 Å². The Balaban J connectivity index is 2.73. The third-order valence-electron chi connectivity index (χ3n) is 4.34. The van der Waals surface area contributed by atoms with Crippen molar-refractivity contribution in [2.75, 3.05) is 13.2 Å². The third kappa shape index (κ3) is 10.5. The van der Waals surface area contributed by atoms with Crippen LogP contribution in [0.4, 0.5) is 0 Å². The average Bonchev–Trinajstić information content (AvgIpc) is 2.53. The van der Waals surface area contributed by atoms with Crippen LogP contribution in [0.3, 0.4) is 0 Å². The number of ether oxygens (including phenoxy) is 2. The second kappa shape index (κ2) is 9.76. The lowest BCUT2D eigenvalue weighted by Crippen LogP contribution is -2.35. The lowest BCUT2D eigenvalue weighted by Gasteiger charge is -2.29. The largest absolute Gasteiger partial charge is 0.462 e. The molecule has 6 nitrogen and oxygen atoms in total. The van der Waals surface area contributed by atoms with E-state index in [4.69, 9.17) is 9.47 Å². The highest BCUT2D eigenvalue weighted by Crippen LogP contribution is 2.29. The summed E-state index contributed by atoms with van der Waals surface area (Å²) in [7, 11) is -4.55. The van der Waals surface area contributed by atoms with Gasteiger partial charge in [-0.2, -0.15) is 0 Å². The summed E-state index contributed by atoms with van der Waals surface area (Å²) in [5, 5.41) is 0. The Morgan fingerprint density at radius 3 is 1.43 bits per heavy atom. The van der Waals surface area contributed by atoms with E-state index in [9.17, 15) is 19.2 Å². The minimum Gasteiger partial charge on any atom is -0.462 e. The molecule has 0 saturated carbocycles. The van der Waals surface area contributed by atoms with Gasteiger partial charge in [0.15, 0.2) is 16.6 Å². The van der Waals surface area contributed by atoms with Gasteiger partial charge >= 0.3 is 11.9 Å². The van der Waals surface area contributed by atoms with E-state index < -0.39 is 28.6 Å². The Bertz CT molecular complexity index is 685. The van der Waals surface area contributed by atoms with Crippen LogP contribution < -0.4 is 0 Å². The molecule has 0 atom stereocenters. The average molecular weight is 455 g/mol. The lowest BCUT2D eigenvalue weighted by atomic mass is 9.98. The predicted octanol–water partition coefficient (Wildman–Crippen LogP) is 4.45. The zero-order chi connectivity index (χ0) is 23.4. The first-order chi connectivity index (χ1) is 13.4. The molecule has 170 valence electrons. The molecular weight excluding hydrogens is 416 g/mol. The fourth-order valence-corrected chi connectivity index (χ4v) is 8.79. The van der Waals surface area contributed by atoms with Crippen molar-refractivity contribution in [2.45, 2.75) is 66.0 Å². The molecule has 0 aliphatic carbocycles. The summed E-state index contributed by atoms with van der Waals surface area (Å²) in [6, 6.07) is 7.52.